The minimum atomic E-state index is -1.04. The lowest BCUT2D eigenvalue weighted by atomic mass is 10.00. The number of rotatable bonds is 2. The highest BCUT2D eigenvalue weighted by molar-refractivity contribution is 6.01. The normalized spacial score (nSPS) is 20.5. The molecule has 3 aliphatic rings. The van der Waals surface area contributed by atoms with Crippen LogP contribution in [0.4, 0.5) is 11.5 Å². The number of nitrogens with zero attached hydrogens (tertiary/aromatic N) is 2. The molecule has 1 saturated carbocycles. The third-order valence-electron chi connectivity index (χ3n) is 5.44. The molecule has 0 bridgehead atoms. The van der Waals surface area contributed by atoms with Gasteiger partial charge in [0.1, 0.15) is 5.60 Å². The molecule has 2 aliphatic heterocycles. The number of carboxylic acids is 1. The van der Waals surface area contributed by atoms with Crippen LogP contribution in [0.1, 0.15) is 53.0 Å². The van der Waals surface area contributed by atoms with Gasteiger partial charge in [-0.1, -0.05) is 0 Å². The monoisotopic (exact) mass is 365 g/mol. The number of amides is 1. The SMILES string of the molecule is CC1(C)CN(c2ccc3c(c2)C2(CC2)NC3=O)c2ncc(C(=O)O)cc2O1. The van der Waals surface area contributed by atoms with Gasteiger partial charge in [-0.15, -0.1) is 0 Å². The fourth-order valence-corrected chi connectivity index (χ4v) is 4.00. The van der Waals surface area contributed by atoms with E-state index in [2.05, 4.69) is 16.4 Å². The fourth-order valence-electron chi connectivity index (χ4n) is 4.00. The van der Waals surface area contributed by atoms with Crippen LogP contribution in [0.5, 0.6) is 5.75 Å². The van der Waals surface area contributed by atoms with Crippen LogP contribution in [-0.4, -0.2) is 34.1 Å². The lowest BCUT2D eigenvalue weighted by Gasteiger charge is -2.40. The molecule has 3 heterocycles. The smallest absolute Gasteiger partial charge is 0.337 e. The summed E-state index contributed by atoms with van der Waals surface area (Å²) in [7, 11) is 0. The third-order valence-corrected chi connectivity index (χ3v) is 5.44. The van der Waals surface area contributed by atoms with Crippen molar-refractivity contribution in [1.82, 2.24) is 10.3 Å². The van der Waals surface area contributed by atoms with E-state index in [4.69, 9.17) is 4.74 Å². The summed E-state index contributed by atoms with van der Waals surface area (Å²) in [6, 6.07) is 7.34. The molecule has 1 amide bonds. The number of hydrogen-bond donors (Lipinski definition) is 2. The van der Waals surface area contributed by atoms with E-state index in [1.807, 2.05) is 30.9 Å². The lowest BCUT2D eigenvalue weighted by Crippen LogP contribution is -2.45. The Hall–Kier alpha value is -3.09. The first-order valence-electron chi connectivity index (χ1n) is 8.95. The number of fused-ring (bicyclic) bond motifs is 3. The van der Waals surface area contributed by atoms with Gasteiger partial charge >= 0.3 is 5.97 Å². The molecule has 0 radical (unpaired) electrons. The zero-order valence-electron chi connectivity index (χ0n) is 15.1. The highest BCUT2D eigenvalue weighted by Gasteiger charge is 2.52. The van der Waals surface area contributed by atoms with Gasteiger partial charge in [0.25, 0.3) is 5.91 Å². The van der Waals surface area contributed by atoms with E-state index in [0.29, 0.717) is 18.1 Å². The molecule has 1 fully saturated rings. The minimum Gasteiger partial charge on any atom is -0.482 e. The number of aromatic nitrogens is 1. The van der Waals surface area contributed by atoms with Gasteiger partial charge in [0.05, 0.1) is 17.6 Å². The number of hydrogen-bond acceptors (Lipinski definition) is 5. The summed E-state index contributed by atoms with van der Waals surface area (Å²) in [6.07, 6.45) is 3.26. The second-order valence-electron chi connectivity index (χ2n) is 8.06. The van der Waals surface area contributed by atoms with Gasteiger partial charge in [0, 0.05) is 23.5 Å². The molecule has 1 aromatic heterocycles. The number of pyridine rings is 1. The second-order valence-corrected chi connectivity index (χ2v) is 8.06. The molecule has 1 aliphatic carbocycles. The van der Waals surface area contributed by atoms with Crippen molar-refractivity contribution in [3.05, 3.63) is 47.2 Å². The van der Waals surface area contributed by atoms with Gasteiger partial charge in [0.2, 0.25) is 0 Å². The van der Waals surface area contributed by atoms with Crippen LogP contribution < -0.4 is 15.0 Å². The summed E-state index contributed by atoms with van der Waals surface area (Å²) in [6.45, 7) is 4.47. The van der Waals surface area contributed by atoms with Crippen molar-refractivity contribution in [2.45, 2.75) is 37.8 Å². The topological polar surface area (TPSA) is 91.8 Å². The van der Waals surface area contributed by atoms with E-state index in [1.165, 1.54) is 12.3 Å². The van der Waals surface area contributed by atoms with Crippen molar-refractivity contribution in [1.29, 1.82) is 0 Å². The van der Waals surface area contributed by atoms with E-state index in [1.54, 1.807) is 0 Å². The number of benzene rings is 1. The van der Waals surface area contributed by atoms with Crippen molar-refractivity contribution in [3.63, 3.8) is 0 Å². The molecule has 7 heteroatoms. The Morgan fingerprint density at radius 2 is 2.07 bits per heavy atom. The maximum absolute atomic E-state index is 12.2. The van der Waals surface area contributed by atoms with Crippen LogP contribution >= 0.6 is 0 Å². The van der Waals surface area contributed by atoms with Gasteiger partial charge in [-0.25, -0.2) is 9.78 Å². The number of aromatic carboxylic acids is 1. The fraction of sp³-hybridized carbons (Fsp3) is 0.350. The Bertz CT molecular complexity index is 1010. The van der Waals surface area contributed by atoms with Gasteiger partial charge in [-0.05, 0) is 50.5 Å². The maximum Gasteiger partial charge on any atom is 0.337 e. The quantitative estimate of drug-likeness (QED) is 0.850. The summed E-state index contributed by atoms with van der Waals surface area (Å²) in [5.41, 5.74) is 2.07. The van der Waals surface area contributed by atoms with Gasteiger partial charge in [-0.2, -0.15) is 0 Å². The zero-order valence-corrected chi connectivity index (χ0v) is 15.1. The summed E-state index contributed by atoms with van der Waals surface area (Å²) < 4.78 is 5.99. The molecule has 7 nitrogen and oxygen atoms in total. The number of carbonyl (C=O) groups excluding carboxylic acids is 1. The molecule has 0 unspecified atom stereocenters. The highest BCUT2D eigenvalue weighted by atomic mass is 16.5. The molecule has 5 rings (SSSR count). The van der Waals surface area contributed by atoms with Gasteiger partial charge in [-0.3, -0.25) is 4.79 Å². The Kier molecular flexibility index (Phi) is 2.98. The Morgan fingerprint density at radius 1 is 1.30 bits per heavy atom. The average Bonchev–Trinajstić information content (AvgIpc) is 3.33. The van der Waals surface area contributed by atoms with Gasteiger partial charge in [0.15, 0.2) is 11.6 Å². The Balaban J connectivity index is 1.62. The number of carbonyl (C=O) groups is 2. The molecule has 1 spiro atoms. The van der Waals surface area contributed by atoms with E-state index in [-0.39, 0.29) is 17.0 Å². The lowest BCUT2D eigenvalue weighted by molar-refractivity contribution is 0.0692. The summed E-state index contributed by atoms with van der Waals surface area (Å²) in [4.78, 5) is 29.9. The predicted molar refractivity (Wildman–Crippen MR) is 97.7 cm³/mol. The van der Waals surface area contributed by atoms with Crippen molar-refractivity contribution >= 4 is 23.4 Å². The number of ether oxygens (including phenoxy) is 1. The summed E-state index contributed by atoms with van der Waals surface area (Å²) in [5, 5.41) is 12.3. The maximum atomic E-state index is 12.2. The molecule has 1 aromatic carbocycles. The summed E-state index contributed by atoms with van der Waals surface area (Å²) >= 11 is 0. The van der Waals surface area contributed by atoms with Crippen LogP contribution in [-0.2, 0) is 5.54 Å². The van der Waals surface area contributed by atoms with Crippen molar-refractivity contribution in [2.75, 3.05) is 11.4 Å². The van der Waals surface area contributed by atoms with Crippen LogP contribution in [0, 0.1) is 0 Å². The zero-order chi connectivity index (χ0) is 19.0. The van der Waals surface area contributed by atoms with Crippen molar-refractivity contribution < 1.29 is 19.4 Å². The molecular weight excluding hydrogens is 346 g/mol. The van der Waals surface area contributed by atoms with Crippen molar-refractivity contribution in [3.8, 4) is 5.75 Å². The Labute approximate surface area is 156 Å². The third kappa shape index (κ3) is 2.38. The van der Waals surface area contributed by atoms with Crippen LogP contribution in [0.2, 0.25) is 0 Å². The van der Waals surface area contributed by atoms with Crippen LogP contribution in [0.15, 0.2) is 30.5 Å². The van der Waals surface area contributed by atoms with E-state index in [9.17, 15) is 14.7 Å². The predicted octanol–water partition coefficient (Wildman–Crippen LogP) is 2.82. The van der Waals surface area contributed by atoms with Gasteiger partial charge < -0.3 is 20.1 Å². The molecule has 0 atom stereocenters. The molecule has 2 aromatic rings. The molecule has 27 heavy (non-hydrogen) atoms. The van der Waals surface area contributed by atoms with Crippen molar-refractivity contribution in [2.24, 2.45) is 0 Å². The van der Waals surface area contributed by atoms with Crippen LogP contribution in [0.3, 0.4) is 0 Å². The molecule has 2 N–H and O–H groups in total. The molecular formula is C20H19N3O4. The van der Waals surface area contributed by atoms with E-state index >= 15 is 0 Å². The Morgan fingerprint density at radius 3 is 2.78 bits per heavy atom. The second kappa shape index (κ2) is 5.00. The van der Waals surface area contributed by atoms with E-state index < -0.39 is 11.6 Å². The largest absolute Gasteiger partial charge is 0.482 e. The average molecular weight is 365 g/mol. The summed E-state index contributed by atoms with van der Waals surface area (Å²) in [5.74, 6) is -0.0222. The first-order valence-corrected chi connectivity index (χ1v) is 8.95. The first kappa shape index (κ1) is 16.1. The molecule has 0 saturated heterocycles. The number of carboxylic acid groups (broad SMARTS) is 1. The first-order chi connectivity index (χ1) is 12.8. The number of anilines is 2. The van der Waals surface area contributed by atoms with Crippen LogP contribution in [0.25, 0.3) is 0 Å². The highest BCUT2D eigenvalue weighted by Crippen LogP contribution is 2.51. The number of nitrogens with one attached hydrogen (secondary N) is 1. The molecule has 138 valence electrons. The standard InChI is InChI=1S/C20H19N3O4/c1-19(2)10-23(16-15(27-19)7-11(9-21-16)18(25)26)12-3-4-13-14(8-12)20(5-6-20)22-17(13)24/h3-4,7-9H,5-6,10H2,1-2H3,(H,22,24)(H,25,26). The minimum absolute atomic E-state index is 0.0130. The van der Waals surface area contributed by atoms with E-state index in [0.717, 1.165) is 29.7 Å².